The van der Waals surface area contributed by atoms with E-state index in [1.807, 2.05) is 18.2 Å². The van der Waals surface area contributed by atoms with Crippen molar-refractivity contribution in [1.29, 1.82) is 0 Å². The van der Waals surface area contributed by atoms with Gasteiger partial charge in [0.2, 0.25) is 11.7 Å². The van der Waals surface area contributed by atoms with Crippen LogP contribution in [-0.4, -0.2) is 39.1 Å². The van der Waals surface area contributed by atoms with Crippen LogP contribution in [0.1, 0.15) is 36.0 Å². The van der Waals surface area contributed by atoms with Crippen molar-refractivity contribution in [2.45, 2.75) is 36.2 Å². The number of thioether (sulfide) groups is 1. The van der Waals surface area contributed by atoms with Crippen LogP contribution in [-0.2, 0) is 12.3 Å². The van der Waals surface area contributed by atoms with Crippen LogP contribution in [0, 0.1) is 0 Å². The van der Waals surface area contributed by atoms with Crippen LogP contribution in [0.15, 0.2) is 58.2 Å². The summed E-state index contributed by atoms with van der Waals surface area (Å²) in [6.07, 6.45) is 2.35. The minimum absolute atomic E-state index is 0.476. The summed E-state index contributed by atoms with van der Waals surface area (Å²) >= 11 is 1.55. The monoisotopic (exact) mass is 449 g/mol. The average Bonchev–Trinajstić information content (AvgIpc) is 3.44. The minimum atomic E-state index is 0.476. The number of hydrogen-bond acceptors (Lipinski definition) is 8. The first-order chi connectivity index (χ1) is 15.7. The van der Waals surface area contributed by atoms with Gasteiger partial charge >= 0.3 is 0 Å². The maximum absolute atomic E-state index is 5.50. The van der Waals surface area contributed by atoms with Crippen molar-refractivity contribution >= 4 is 11.8 Å². The summed E-state index contributed by atoms with van der Waals surface area (Å²) in [5.41, 5.74) is 1.97. The molecule has 0 bridgehead atoms. The molecule has 1 saturated carbocycles. The maximum atomic E-state index is 5.50. The van der Waals surface area contributed by atoms with E-state index in [9.17, 15) is 0 Å². The highest BCUT2D eigenvalue weighted by atomic mass is 32.2. The first-order valence-electron chi connectivity index (χ1n) is 10.4. The Kier molecular flexibility index (Phi) is 5.81. The number of hydrogen-bond donors (Lipinski definition) is 0. The molecule has 8 nitrogen and oxygen atoms in total. The number of nitrogens with zero attached hydrogens (tertiary/aromatic N) is 5. The van der Waals surface area contributed by atoms with Gasteiger partial charge in [-0.15, -0.1) is 10.2 Å². The molecule has 0 aliphatic heterocycles. The Morgan fingerprint density at radius 3 is 2.66 bits per heavy atom. The lowest BCUT2D eigenvalue weighted by atomic mass is 10.2. The standard InChI is InChI=1S/C23H23N5O3S/c1-29-17-10-11-18(19(12-17)30-2)21-24-20(31-27-21)14-32-23-26-25-22(16-8-9-16)28(23)13-15-6-4-3-5-7-15/h3-7,10-12,16H,8-9,13-14H2,1-2H3. The second kappa shape index (κ2) is 9.04. The number of benzene rings is 2. The van der Waals surface area contributed by atoms with E-state index in [4.69, 9.17) is 14.0 Å². The van der Waals surface area contributed by atoms with Crippen LogP contribution in [0.5, 0.6) is 11.5 Å². The first-order valence-corrected chi connectivity index (χ1v) is 11.4. The van der Waals surface area contributed by atoms with E-state index in [1.165, 1.54) is 18.4 Å². The molecule has 2 aromatic heterocycles. The molecule has 0 atom stereocenters. The largest absolute Gasteiger partial charge is 0.497 e. The summed E-state index contributed by atoms with van der Waals surface area (Å²) in [6.45, 7) is 0.750. The molecule has 1 aliphatic carbocycles. The Morgan fingerprint density at radius 1 is 1.06 bits per heavy atom. The summed E-state index contributed by atoms with van der Waals surface area (Å²) in [4.78, 5) is 4.55. The summed E-state index contributed by atoms with van der Waals surface area (Å²) in [7, 11) is 3.22. The van der Waals surface area contributed by atoms with Crippen molar-refractivity contribution in [3.63, 3.8) is 0 Å². The molecule has 9 heteroatoms. The number of aromatic nitrogens is 5. The van der Waals surface area contributed by atoms with Crippen molar-refractivity contribution in [3.8, 4) is 22.9 Å². The molecular formula is C23H23N5O3S. The molecule has 5 rings (SSSR count). The van der Waals surface area contributed by atoms with Crippen LogP contribution in [0.25, 0.3) is 11.4 Å². The van der Waals surface area contributed by atoms with E-state index in [0.29, 0.717) is 34.9 Å². The SMILES string of the molecule is COc1ccc(-c2noc(CSc3nnc(C4CC4)n3Cc3ccccc3)n2)c(OC)c1. The Bertz CT molecular complexity index is 1200. The molecule has 0 spiro atoms. The van der Waals surface area contributed by atoms with Crippen LogP contribution >= 0.6 is 11.8 Å². The molecule has 2 aromatic carbocycles. The van der Waals surface area contributed by atoms with Gasteiger partial charge in [0.15, 0.2) is 5.16 Å². The fourth-order valence-electron chi connectivity index (χ4n) is 3.50. The van der Waals surface area contributed by atoms with Gasteiger partial charge in [0.25, 0.3) is 0 Å². The molecule has 1 aliphatic rings. The number of ether oxygens (including phenoxy) is 2. The van der Waals surface area contributed by atoms with E-state index >= 15 is 0 Å². The van der Waals surface area contributed by atoms with Crippen molar-refractivity contribution in [3.05, 3.63) is 65.8 Å². The van der Waals surface area contributed by atoms with Crippen molar-refractivity contribution in [2.24, 2.45) is 0 Å². The predicted molar refractivity (Wildman–Crippen MR) is 120 cm³/mol. The van der Waals surface area contributed by atoms with Gasteiger partial charge < -0.3 is 18.6 Å². The molecule has 164 valence electrons. The smallest absolute Gasteiger partial charge is 0.237 e. The van der Waals surface area contributed by atoms with Gasteiger partial charge in [-0.2, -0.15) is 4.98 Å². The molecule has 0 amide bonds. The zero-order valence-electron chi connectivity index (χ0n) is 17.9. The average molecular weight is 450 g/mol. The molecule has 0 unspecified atom stereocenters. The molecule has 32 heavy (non-hydrogen) atoms. The zero-order chi connectivity index (χ0) is 21.9. The van der Waals surface area contributed by atoms with Gasteiger partial charge in [-0.1, -0.05) is 47.3 Å². The summed E-state index contributed by atoms with van der Waals surface area (Å²) in [5.74, 6) is 4.40. The molecule has 0 saturated heterocycles. The zero-order valence-corrected chi connectivity index (χ0v) is 18.7. The Hall–Kier alpha value is -3.33. The molecular weight excluding hydrogens is 426 g/mol. The third-order valence-corrected chi connectivity index (χ3v) is 6.27. The fourth-order valence-corrected chi connectivity index (χ4v) is 4.28. The fraction of sp³-hybridized carbons (Fsp3) is 0.304. The predicted octanol–water partition coefficient (Wildman–Crippen LogP) is 4.56. The van der Waals surface area contributed by atoms with Crippen LogP contribution in [0.4, 0.5) is 0 Å². The van der Waals surface area contributed by atoms with E-state index in [0.717, 1.165) is 23.1 Å². The van der Waals surface area contributed by atoms with Gasteiger partial charge in [0.1, 0.15) is 17.3 Å². The second-order valence-corrected chi connectivity index (χ2v) is 8.50. The minimum Gasteiger partial charge on any atom is -0.497 e. The summed E-state index contributed by atoms with van der Waals surface area (Å²) in [6, 6.07) is 15.9. The second-order valence-electron chi connectivity index (χ2n) is 7.55. The lowest BCUT2D eigenvalue weighted by Crippen LogP contribution is -2.06. The third-order valence-electron chi connectivity index (χ3n) is 5.31. The number of methoxy groups -OCH3 is 2. The Balaban J connectivity index is 1.33. The molecule has 1 fully saturated rings. The van der Waals surface area contributed by atoms with Crippen LogP contribution in [0.3, 0.4) is 0 Å². The van der Waals surface area contributed by atoms with E-state index < -0.39 is 0 Å². The van der Waals surface area contributed by atoms with Crippen LogP contribution in [0.2, 0.25) is 0 Å². The Labute approximate surface area is 190 Å². The first kappa shape index (κ1) is 20.6. The van der Waals surface area contributed by atoms with Crippen LogP contribution < -0.4 is 9.47 Å². The van der Waals surface area contributed by atoms with Crippen molar-refractivity contribution < 1.29 is 14.0 Å². The van der Waals surface area contributed by atoms with Gasteiger partial charge in [0, 0.05) is 12.0 Å². The van der Waals surface area contributed by atoms with E-state index in [2.05, 4.69) is 49.2 Å². The Morgan fingerprint density at radius 2 is 1.91 bits per heavy atom. The summed E-state index contributed by atoms with van der Waals surface area (Å²) in [5, 5.41) is 13.9. The highest BCUT2D eigenvalue weighted by Gasteiger charge is 2.30. The maximum Gasteiger partial charge on any atom is 0.237 e. The van der Waals surface area contributed by atoms with Gasteiger partial charge in [-0.05, 0) is 30.5 Å². The lowest BCUT2D eigenvalue weighted by Gasteiger charge is -2.09. The third kappa shape index (κ3) is 4.34. The lowest BCUT2D eigenvalue weighted by molar-refractivity contribution is 0.388. The van der Waals surface area contributed by atoms with Gasteiger partial charge in [-0.3, -0.25) is 0 Å². The van der Waals surface area contributed by atoms with E-state index in [1.54, 1.807) is 32.0 Å². The van der Waals surface area contributed by atoms with E-state index in [-0.39, 0.29) is 0 Å². The molecule has 0 radical (unpaired) electrons. The topological polar surface area (TPSA) is 88.1 Å². The molecule has 4 aromatic rings. The van der Waals surface area contributed by atoms with Gasteiger partial charge in [-0.25, -0.2) is 0 Å². The highest BCUT2D eigenvalue weighted by molar-refractivity contribution is 7.98. The summed E-state index contributed by atoms with van der Waals surface area (Å²) < 4.78 is 18.4. The van der Waals surface area contributed by atoms with Crippen molar-refractivity contribution in [2.75, 3.05) is 14.2 Å². The highest BCUT2D eigenvalue weighted by Crippen LogP contribution is 2.40. The van der Waals surface area contributed by atoms with Crippen molar-refractivity contribution in [1.82, 2.24) is 24.9 Å². The quantitative estimate of drug-likeness (QED) is 0.344. The molecule has 0 N–H and O–H groups in total. The molecule has 2 heterocycles. The van der Waals surface area contributed by atoms with Gasteiger partial charge in [0.05, 0.1) is 32.1 Å². The normalized spacial score (nSPS) is 13.3. The number of rotatable bonds is 9.